The number of carbonyl (C=O) groups excluding carboxylic acids is 1. The van der Waals surface area contributed by atoms with E-state index in [1.807, 2.05) is 11.0 Å². The van der Waals surface area contributed by atoms with Crippen molar-refractivity contribution in [2.45, 2.75) is 32.5 Å². The molecule has 3 rings (SSSR count). The van der Waals surface area contributed by atoms with E-state index < -0.39 is 0 Å². The molecule has 2 atom stereocenters. The van der Waals surface area contributed by atoms with Gasteiger partial charge in [0.25, 0.3) is 5.91 Å². The van der Waals surface area contributed by atoms with E-state index in [0.717, 1.165) is 19.6 Å². The maximum Gasteiger partial charge on any atom is 0.253 e. The number of nitrogens with zero attached hydrogens (tertiary/aromatic N) is 2. The maximum absolute atomic E-state index is 12.7. The lowest BCUT2D eigenvalue weighted by atomic mass is 10.0. The molecule has 1 aliphatic heterocycles. The van der Waals surface area contributed by atoms with Gasteiger partial charge in [-0.1, -0.05) is 41.9 Å². The fourth-order valence-corrected chi connectivity index (χ4v) is 3.53. The number of piperazine rings is 1. The van der Waals surface area contributed by atoms with Crippen LogP contribution in [0.5, 0.6) is 0 Å². The molecule has 2 unspecified atom stereocenters. The van der Waals surface area contributed by atoms with Crippen LogP contribution in [0.3, 0.4) is 0 Å². The van der Waals surface area contributed by atoms with Crippen molar-refractivity contribution in [1.29, 1.82) is 0 Å². The molecule has 0 radical (unpaired) electrons. The Balaban J connectivity index is 1.68. The van der Waals surface area contributed by atoms with Gasteiger partial charge in [0.1, 0.15) is 0 Å². The average molecular weight is 343 g/mol. The van der Waals surface area contributed by atoms with Gasteiger partial charge >= 0.3 is 0 Å². The van der Waals surface area contributed by atoms with Crippen molar-refractivity contribution in [3.05, 3.63) is 70.7 Å². The van der Waals surface area contributed by atoms with E-state index >= 15 is 0 Å². The molecule has 1 amide bonds. The molecule has 0 saturated carbocycles. The lowest BCUT2D eigenvalue weighted by Gasteiger charge is -2.44. The van der Waals surface area contributed by atoms with Crippen LogP contribution >= 0.6 is 11.6 Å². The van der Waals surface area contributed by atoms with Crippen LogP contribution in [0.4, 0.5) is 0 Å². The molecule has 1 fully saturated rings. The summed E-state index contributed by atoms with van der Waals surface area (Å²) in [5, 5.41) is 0.654. The van der Waals surface area contributed by atoms with Crippen LogP contribution in [-0.4, -0.2) is 40.9 Å². The summed E-state index contributed by atoms with van der Waals surface area (Å²) in [6.45, 7) is 6.81. The summed E-state index contributed by atoms with van der Waals surface area (Å²) in [5.41, 5.74) is 2.02. The zero-order valence-electron chi connectivity index (χ0n) is 14.2. The number of halogens is 1. The molecule has 0 spiro atoms. The number of hydrogen-bond acceptors (Lipinski definition) is 2. The fraction of sp³-hybridized carbons (Fsp3) is 0.350. The molecule has 0 aromatic heterocycles. The SMILES string of the molecule is CC1CN(C(=O)c2ccc(Cl)cc2)CC(C)N1Cc1ccccc1. The number of benzene rings is 2. The molecule has 24 heavy (non-hydrogen) atoms. The zero-order chi connectivity index (χ0) is 17.1. The minimum absolute atomic E-state index is 0.0877. The first kappa shape index (κ1) is 17.0. The van der Waals surface area contributed by atoms with Crippen LogP contribution in [0.1, 0.15) is 29.8 Å². The van der Waals surface area contributed by atoms with Crippen molar-refractivity contribution >= 4 is 17.5 Å². The highest BCUT2D eigenvalue weighted by atomic mass is 35.5. The molecule has 0 N–H and O–H groups in total. The van der Waals surface area contributed by atoms with Crippen LogP contribution < -0.4 is 0 Å². The molecule has 2 aromatic rings. The first-order valence-electron chi connectivity index (χ1n) is 8.39. The van der Waals surface area contributed by atoms with Gasteiger partial charge in [0.15, 0.2) is 0 Å². The maximum atomic E-state index is 12.7. The van der Waals surface area contributed by atoms with E-state index in [1.165, 1.54) is 5.56 Å². The van der Waals surface area contributed by atoms with Crippen LogP contribution in [0.25, 0.3) is 0 Å². The zero-order valence-corrected chi connectivity index (χ0v) is 14.9. The summed E-state index contributed by atoms with van der Waals surface area (Å²) in [5.74, 6) is 0.0877. The van der Waals surface area contributed by atoms with Gasteiger partial charge in [0.2, 0.25) is 0 Å². The third kappa shape index (κ3) is 3.80. The van der Waals surface area contributed by atoms with Crippen molar-refractivity contribution < 1.29 is 4.79 Å². The highest BCUT2D eigenvalue weighted by molar-refractivity contribution is 6.30. The van der Waals surface area contributed by atoms with Gasteiger partial charge < -0.3 is 4.90 Å². The summed E-state index contributed by atoms with van der Waals surface area (Å²) in [7, 11) is 0. The van der Waals surface area contributed by atoms with Crippen molar-refractivity contribution in [3.63, 3.8) is 0 Å². The third-order valence-corrected chi connectivity index (χ3v) is 4.94. The molecular weight excluding hydrogens is 320 g/mol. The highest BCUT2D eigenvalue weighted by Crippen LogP contribution is 2.21. The predicted molar refractivity (Wildman–Crippen MR) is 98.3 cm³/mol. The van der Waals surface area contributed by atoms with Gasteiger partial charge in [-0.2, -0.15) is 0 Å². The Morgan fingerprint density at radius 3 is 2.17 bits per heavy atom. The predicted octanol–water partition coefficient (Wildman–Crippen LogP) is 4.08. The van der Waals surface area contributed by atoms with Crippen molar-refractivity contribution in [2.24, 2.45) is 0 Å². The molecule has 0 aliphatic carbocycles. The van der Waals surface area contributed by atoms with Gasteiger partial charge in [-0.05, 0) is 43.7 Å². The van der Waals surface area contributed by atoms with Crippen molar-refractivity contribution in [2.75, 3.05) is 13.1 Å². The Labute approximate surface area is 148 Å². The first-order chi connectivity index (χ1) is 11.5. The Kier molecular flexibility index (Phi) is 5.22. The average Bonchev–Trinajstić information content (AvgIpc) is 2.59. The molecule has 0 bridgehead atoms. The lowest BCUT2D eigenvalue weighted by Crippen LogP contribution is -2.57. The highest BCUT2D eigenvalue weighted by Gasteiger charge is 2.32. The Bertz CT molecular complexity index is 675. The second-order valence-electron chi connectivity index (χ2n) is 6.57. The van der Waals surface area contributed by atoms with Gasteiger partial charge in [-0.3, -0.25) is 9.69 Å². The summed E-state index contributed by atoms with van der Waals surface area (Å²) in [4.78, 5) is 17.2. The second-order valence-corrected chi connectivity index (χ2v) is 7.01. The lowest BCUT2D eigenvalue weighted by molar-refractivity contribution is 0.0270. The third-order valence-electron chi connectivity index (χ3n) is 4.69. The molecular formula is C20H23ClN2O. The minimum Gasteiger partial charge on any atom is -0.336 e. The Morgan fingerprint density at radius 2 is 1.58 bits per heavy atom. The largest absolute Gasteiger partial charge is 0.336 e. The van der Waals surface area contributed by atoms with Gasteiger partial charge in [0, 0.05) is 42.3 Å². The van der Waals surface area contributed by atoms with Crippen molar-refractivity contribution in [3.8, 4) is 0 Å². The van der Waals surface area contributed by atoms with E-state index in [2.05, 4.69) is 43.0 Å². The topological polar surface area (TPSA) is 23.6 Å². The summed E-state index contributed by atoms with van der Waals surface area (Å²) in [6.07, 6.45) is 0. The molecule has 2 aromatic carbocycles. The summed E-state index contributed by atoms with van der Waals surface area (Å²) < 4.78 is 0. The van der Waals surface area contributed by atoms with Crippen LogP contribution in [0.2, 0.25) is 5.02 Å². The Hall–Kier alpha value is -1.84. The Morgan fingerprint density at radius 1 is 1.00 bits per heavy atom. The van der Waals surface area contributed by atoms with Gasteiger partial charge in [0.05, 0.1) is 0 Å². The molecule has 1 heterocycles. The van der Waals surface area contributed by atoms with E-state index in [1.54, 1.807) is 24.3 Å². The number of hydrogen-bond donors (Lipinski definition) is 0. The second kappa shape index (κ2) is 7.37. The standard InChI is InChI=1S/C20H23ClN2O/c1-15-12-22(20(24)18-8-10-19(21)11-9-18)13-16(2)23(15)14-17-6-4-3-5-7-17/h3-11,15-16H,12-14H2,1-2H3. The molecule has 1 saturated heterocycles. The number of amides is 1. The summed E-state index contributed by atoms with van der Waals surface area (Å²) in [6, 6.07) is 18.3. The normalized spacial score (nSPS) is 21.7. The van der Waals surface area contributed by atoms with Crippen molar-refractivity contribution in [1.82, 2.24) is 9.80 Å². The molecule has 126 valence electrons. The van der Waals surface area contributed by atoms with E-state index in [-0.39, 0.29) is 5.91 Å². The molecule has 3 nitrogen and oxygen atoms in total. The quantitative estimate of drug-likeness (QED) is 0.839. The molecule has 4 heteroatoms. The van der Waals surface area contributed by atoms with E-state index in [9.17, 15) is 4.79 Å². The fourth-order valence-electron chi connectivity index (χ4n) is 3.40. The van der Waals surface area contributed by atoms with Crippen LogP contribution in [-0.2, 0) is 6.54 Å². The van der Waals surface area contributed by atoms with Gasteiger partial charge in [-0.25, -0.2) is 0 Å². The first-order valence-corrected chi connectivity index (χ1v) is 8.77. The van der Waals surface area contributed by atoms with Gasteiger partial charge in [-0.15, -0.1) is 0 Å². The monoisotopic (exact) mass is 342 g/mol. The number of carbonyl (C=O) groups is 1. The van der Waals surface area contributed by atoms with Crippen LogP contribution in [0.15, 0.2) is 54.6 Å². The molecule has 1 aliphatic rings. The van der Waals surface area contributed by atoms with E-state index in [0.29, 0.717) is 22.7 Å². The number of rotatable bonds is 3. The minimum atomic E-state index is 0.0877. The summed E-state index contributed by atoms with van der Waals surface area (Å²) >= 11 is 5.91. The van der Waals surface area contributed by atoms with E-state index in [4.69, 9.17) is 11.6 Å². The smallest absolute Gasteiger partial charge is 0.253 e. The van der Waals surface area contributed by atoms with Crippen LogP contribution in [0, 0.1) is 0 Å².